The molecule has 0 spiro atoms. The van der Waals surface area contributed by atoms with Crippen molar-refractivity contribution < 1.29 is 4.79 Å². The Labute approximate surface area is 171 Å². The van der Waals surface area contributed by atoms with E-state index in [0.717, 1.165) is 29.9 Å². The van der Waals surface area contributed by atoms with Gasteiger partial charge < -0.3 is 9.80 Å². The fraction of sp³-hybridized carbons (Fsp3) is 0.571. The molecule has 0 aromatic carbocycles. The third kappa shape index (κ3) is 4.31. The highest BCUT2D eigenvalue weighted by Gasteiger charge is 2.29. The molecule has 8 heteroatoms. The molecule has 0 radical (unpaired) electrons. The zero-order valence-corrected chi connectivity index (χ0v) is 18.1. The van der Waals surface area contributed by atoms with Crippen LogP contribution in [0.4, 0.5) is 5.69 Å². The second kappa shape index (κ2) is 8.31. The van der Waals surface area contributed by atoms with E-state index in [1.807, 2.05) is 32.7 Å². The van der Waals surface area contributed by atoms with Gasteiger partial charge in [-0.25, -0.2) is 9.67 Å². The van der Waals surface area contributed by atoms with E-state index < -0.39 is 0 Å². The number of amides is 1. The van der Waals surface area contributed by atoms with Gasteiger partial charge in [0.25, 0.3) is 11.5 Å². The summed E-state index contributed by atoms with van der Waals surface area (Å²) < 4.78 is 1.51. The molecule has 156 valence electrons. The zero-order chi connectivity index (χ0) is 21.3. The van der Waals surface area contributed by atoms with Gasteiger partial charge in [0.05, 0.1) is 35.0 Å². The van der Waals surface area contributed by atoms with Gasteiger partial charge in [0.2, 0.25) is 0 Å². The maximum atomic E-state index is 13.1. The van der Waals surface area contributed by atoms with Gasteiger partial charge in [-0.2, -0.15) is 5.10 Å². The molecular weight excluding hydrogens is 368 g/mol. The molecule has 1 fully saturated rings. The topological polar surface area (TPSA) is 84.2 Å². The van der Waals surface area contributed by atoms with Gasteiger partial charge in [0.1, 0.15) is 5.69 Å². The van der Waals surface area contributed by atoms with Crippen LogP contribution < -0.4 is 10.5 Å². The Morgan fingerprint density at radius 1 is 1.17 bits per heavy atom. The van der Waals surface area contributed by atoms with Crippen LogP contribution in [-0.2, 0) is 0 Å². The van der Waals surface area contributed by atoms with Crippen LogP contribution in [0.15, 0.2) is 17.1 Å². The normalized spacial score (nSPS) is 16.9. The van der Waals surface area contributed by atoms with Crippen molar-refractivity contribution in [3.63, 3.8) is 0 Å². The van der Waals surface area contributed by atoms with Gasteiger partial charge in [0, 0.05) is 32.2 Å². The monoisotopic (exact) mass is 398 g/mol. The summed E-state index contributed by atoms with van der Waals surface area (Å²) in [6, 6.07) is 1.75. The third-order valence-electron chi connectivity index (χ3n) is 5.71. The van der Waals surface area contributed by atoms with Crippen molar-refractivity contribution in [1.29, 1.82) is 0 Å². The van der Waals surface area contributed by atoms with E-state index in [9.17, 15) is 9.59 Å². The van der Waals surface area contributed by atoms with E-state index in [4.69, 9.17) is 0 Å². The molecule has 3 rings (SSSR count). The van der Waals surface area contributed by atoms with Gasteiger partial charge in [-0.3, -0.25) is 14.6 Å². The molecule has 2 aromatic heterocycles. The molecule has 2 aromatic rings. The summed E-state index contributed by atoms with van der Waals surface area (Å²) >= 11 is 0. The minimum Gasteiger partial charge on any atom is -0.371 e. The van der Waals surface area contributed by atoms with Gasteiger partial charge in [-0.15, -0.1) is 0 Å². The number of carbonyl (C=O) groups excluding carboxylic acids is 1. The van der Waals surface area contributed by atoms with Gasteiger partial charge in [0.15, 0.2) is 0 Å². The number of anilines is 1. The lowest BCUT2D eigenvalue weighted by Crippen LogP contribution is -2.44. The van der Waals surface area contributed by atoms with Crippen molar-refractivity contribution in [1.82, 2.24) is 24.6 Å². The Bertz CT molecular complexity index is 968. The van der Waals surface area contributed by atoms with Crippen molar-refractivity contribution in [2.75, 3.05) is 25.0 Å². The Hall–Kier alpha value is -2.77. The van der Waals surface area contributed by atoms with E-state index in [0.29, 0.717) is 24.5 Å². The second-order valence-electron chi connectivity index (χ2n) is 8.08. The predicted molar refractivity (Wildman–Crippen MR) is 112 cm³/mol. The van der Waals surface area contributed by atoms with Crippen molar-refractivity contribution in [2.24, 2.45) is 0 Å². The number of hydrogen-bond donors (Lipinski definition) is 0. The highest BCUT2D eigenvalue weighted by atomic mass is 16.2. The Morgan fingerprint density at radius 3 is 2.52 bits per heavy atom. The molecule has 1 amide bonds. The lowest BCUT2D eigenvalue weighted by atomic mass is 10.0. The lowest BCUT2D eigenvalue weighted by molar-refractivity contribution is 0.0662. The number of aromatic nitrogens is 4. The average molecular weight is 399 g/mol. The van der Waals surface area contributed by atoms with Crippen LogP contribution in [0.25, 0.3) is 0 Å². The van der Waals surface area contributed by atoms with Crippen LogP contribution >= 0.6 is 0 Å². The first-order valence-corrected chi connectivity index (χ1v) is 10.1. The Morgan fingerprint density at radius 2 is 1.86 bits per heavy atom. The molecule has 0 aliphatic carbocycles. The van der Waals surface area contributed by atoms with Crippen molar-refractivity contribution in [3.8, 4) is 0 Å². The van der Waals surface area contributed by atoms with Crippen LogP contribution in [0.1, 0.15) is 60.3 Å². The second-order valence-corrected chi connectivity index (χ2v) is 8.08. The minimum atomic E-state index is -0.142. The molecule has 0 bridgehead atoms. The summed E-state index contributed by atoms with van der Waals surface area (Å²) in [4.78, 5) is 38.5. The molecule has 1 aliphatic rings. The van der Waals surface area contributed by atoms with Crippen LogP contribution in [0, 0.1) is 20.8 Å². The summed E-state index contributed by atoms with van der Waals surface area (Å²) in [5.74, 6) is -0.132. The Balaban J connectivity index is 1.82. The summed E-state index contributed by atoms with van der Waals surface area (Å²) in [7, 11) is 1.94. The third-order valence-corrected chi connectivity index (χ3v) is 5.71. The first-order valence-electron chi connectivity index (χ1n) is 10.1. The van der Waals surface area contributed by atoms with Gasteiger partial charge in [-0.1, -0.05) is 0 Å². The molecular formula is C21H30N6O2. The standard InChI is InChI=1S/C21H30N6O2/c1-13(2)25(6)18-10-19(28)27(22-11-18)17-8-7-9-26(12-17)21(29)20-16(5)23-14(3)15(4)24-20/h10-11,13,17H,7-9,12H2,1-6H3. The minimum absolute atomic E-state index is 0.132. The molecule has 1 aliphatic heterocycles. The van der Waals surface area contributed by atoms with Crippen LogP contribution in [-0.4, -0.2) is 56.7 Å². The van der Waals surface area contributed by atoms with Crippen molar-refractivity contribution in [2.45, 2.75) is 59.5 Å². The first kappa shape index (κ1) is 21.0. The summed E-state index contributed by atoms with van der Waals surface area (Å²) in [6.45, 7) is 10.8. The molecule has 8 nitrogen and oxygen atoms in total. The lowest BCUT2D eigenvalue weighted by Gasteiger charge is -2.33. The Kier molecular flexibility index (Phi) is 6.00. The maximum Gasteiger partial charge on any atom is 0.274 e. The molecule has 1 saturated heterocycles. The van der Waals surface area contributed by atoms with E-state index in [1.54, 1.807) is 17.2 Å². The van der Waals surface area contributed by atoms with Gasteiger partial charge >= 0.3 is 0 Å². The zero-order valence-electron chi connectivity index (χ0n) is 18.1. The number of nitrogens with zero attached hydrogens (tertiary/aromatic N) is 6. The van der Waals surface area contributed by atoms with Crippen molar-refractivity contribution >= 4 is 11.6 Å². The average Bonchev–Trinajstić information content (AvgIpc) is 2.69. The fourth-order valence-electron chi connectivity index (χ4n) is 3.58. The van der Waals surface area contributed by atoms with Crippen LogP contribution in [0.3, 0.4) is 0 Å². The van der Waals surface area contributed by atoms with Crippen LogP contribution in [0.2, 0.25) is 0 Å². The van der Waals surface area contributed by atoms with E-state index in [2.05, 4.69) is 28.9 Å². The highest BCUT2D eigenvalue weighted by Crippen LogP contribution is 2.22. The van der Waals surface area contributed by atoms with Crippen LogP contribution in [0.5, 0.6) is 0 Å². The number of likely N-dealkylation sites (tertiary alicyclic amines) is 1. The van der Waals surface area contributed by atoms with E-state index in [-0.39, 0.29) is 23.6 Å². The summed E-state index contributed by atoms with van der Waals surface area (Å²) in [5.41, 5.74) is 3.27. The van der Waals surface area contributed by atoms with Gasteiger partial charge in [-0.05, 0) is 47.5 Å². The number of rotatable bonds is 4. The quantitative estimate of drug-likeness (QED) is 0.786. The first-order chi connectivity index (χ1) is 13.7. The SMILES string of the molecule is Cc1nc(C)c(C(=O)N2CCCC(n3ncc(N(C)C(C)C)cc3=O)C2)nc1C. The summed E-state index contributed by atoms with van der Waals surface area (Å²) in [5, 5.41) is 4.41. The molecule has 0 N–H and O–H groups in total. The molecule has 1 unspecified atom stereocenters. The van der Waals surface area contributed by atoms with Crippen molar-refractivity contribution in [3.05, 3.63) is 45.4 Å². The van der Waals surface area contributed by atoms with E-state index >= 15 is 0 Å². The molecule has 3 heterocycles. The number of hydrogen-bond acceptors (Lipinski definition) is 6. The molecule has 1 atom stereocenters. The number of carbonyl (C=O) groups is 1. The predicted octanol–water partition coefficient (Wildman–Crippen LogP) is 2.28. The molecule has 29 heavy (non-hydrogen) atoms. The fourth-order valence-corrected chi connectivity index (χ4v) is 3.58. The smallest absolute Gasteiger partial charge is 0.274 e. The number of piperidine rings is 1. The van der Waals surface area contributed by atoms with E-state index in [1.165, 1.54) is 4.68 Å². The number of aryl methyl sites for hydroxylation is 3. The summed E-state index contributed by atoms with van der Waals surface area (Å²) in [6.07, 6.45) is 3.35. The highest BCUT2D eigenvalue weighted by molar-refractivity contribution is 5.93. The maximum absolute atomic E-state index is 13.1. The largest absolute Gasteiger partial charge is 0.371 e. The molecule has 0 saturated carbocycles.